The molecule has 0 N–H and O–H groups in total. The number of nitrogens with zero attached hydrogens (tertiary/aromatic N) is 2. The second-order valence-electron chi connectivity index (χ2n) is 5.70. The number of para-hydroxylation sites is 1. The molecule has 0 amide bonds. The van der Waals surface area contributed by atoms with Crippen molar-refractivity contribution < 1.29 is 22.8 Å². The fourth-order valence-electron chi connectivity index (χ4n) is 2.43. The van der Waals surface area contributed by atoms with E-state index in [2.05, 4.69) is 10.1 Å². The van der Waals surface area contributed by atoms with Gasteiger partial charge in [0.2, 0.25) is 0 Å². The molecule has 5 nitrogen and oxygen atoms in total. The minimum atomic E-state index is -0.757. The zero-order chi connectivity index (χ0) is 19.5. The molecule has 0 radical (unpaired) electrons. The van der Waals surface area contributed by atoms with Crippen molar-refractivity contribution in [3.8, 4) is 11.3 Å². The monoisotopic (exact) mass is 418 g/mol. The second-order valence-corrected chi connectivity index (χ2v) is 7.96. The molecule has 0 bridgehead atoms. The molecule has 4 rings (SSSR count). The average molecular weight is 418 g/mol. The van der Waals surface area contributed by atoms with Gasteiger partial charge in [-0.15, -0.1) is 11.3 Å². The van der Waals surface area contributed by atoms with Crippen LogP contribution in [-0.4, -0.2) is 21.9 Å². The van der Waals surface area contributed by atoms with Crippen molar-refractivity contribution in [1.82, 2.24) is 10.1 Å². The van der Waals surface area contributed by atoms with Gasteiger partial charge < -0.3 is 9.26 Å². The van der Waals surface area contributed by atoms with E-state index < -0.39 is 17.6 Å². The molecule has 0 aliphatic heterocycles. The maximum atomic E-state index is 13.8. The smallest absolute Gasteiger partial charge is 0.316 e. The van der Waals surface area contributed by atoms with Gasteiger partial charge in [-0.1, -0.05) is 29.1 Å². The Balaban J connectivity index is 1.32. The first-order valence-corrected chi connectivity index (χ1v) is 9.94. The third-order valence-electron chi connectivity index (χ3n) is 3.72. The Morgan fingerprint density at radius 2 is 2.04 bits per heavy atom. The van der Waals surface area contributed by atoms with Gasteiger partial charge in [-0.05, 0) is 24.3 Å². The number of carbonyl (C=O) groups is 1. The van der Waals surface area contributed by atoms with Gasteiger partial charge in [-0.2, -0.15) is 0 Å². The van der Waals surface area contributed by atoms with Crippen LogP contribution in [0, 0.1) is 11.6 Å². The average Bonchev–Trinajstić information content (AvgIpc) is 3.31. The SMILES string of the molecule is O=C(CSc1nc2ccccc2s1)OCc1cc(-c2ccc(F)cc2F)on1. The zero-order valence-electron chi connectivity index (χ0n) is 14.2. The molecular weight excluding hydrogens is 406 g/mol. The second kappa shape index (κ2) is 8.07. The summed E-state index contributed by atoms with van der Waals surface area (Å²) < 4.78 is 38.8. The van der Waals surface area contributed by atoms with E-state index in [0.717, 1.165) is 26.7 Å². The number of hydrogen-bond donors (Lipinski definition) is 0. The molecule has 2 aromatic heterocycles. The maximum Gasteiger partial charge on any atom is 0.316 e. The van der Waals surface area contributed by atoms with Crippen LogP contribution in [0.4, 0.5) is 8.78 Å². The molecule has 28 heavy (non-hydrogen) atoms. The van der Waals surface area contributed by atoms with Crippen molar-refractivity contribution in [1.29, 1.82) is 0 Å². The van der Waals surface area contributed by atoms with Crippen molar-refractivity contribution >= 4 is 39.3 Å². The fourth-order valence-corrected chi connectivity index (χ4v) is 4.29. The van der Waals surface area contributed by atoms with Crippen LogP contribution < -0.4 is 0 Å². The largest absolute Gasteiger partial charge is 0.458 e. The highest BCUT2D eigenvalue weighted by Gasteiger charge is 2.14. The van der Waals surface area contributed by atoms with Crippen molar-refractivity contribution in [2.75, 3.05) is 5.75 Å². The van der Waals surface area contributed by atoms with Gasteiger partial charge in [0.1, 0.15) is 23.9 Å². The standard InChI is InChI=1S/C19H12F2N2O3S2/c20-11-5-6-13(14(21)7-11)16-8-12(23-26-16)9-25-18(24)10-27-19-22-15-3-1-2-4-17(15)28-19/h1-8H,9-10H2. The summed E-state index contributed by atoms with van der Waals surface area (Å²) in [5.74, 6) is -1.63. The molecule has 0 fully saturated rings. The van der Waals surface area contributed by atoms with Gasteiger partial charge in [0, 0.05) is 12.1 Å². The van der Waals surface area contributed by atoms with Gasteiger partial charge >= 0.3 is 5.97 Å². The number of ether oxygens (including phenoxy) is 1. The van der Waals surface area contributed by atoms with Crippen LogP contribution in [0.3, 0.4) is 0 Å². The fraction of sp³-hybridized carbons (Fsp3) is 0.105. The van der Waals surface area contributed by atoms with E-state index in [4.69, 9.17) is 9.26 Å². The first-order chi connectivity index (χ1) is 13.6. The Labute approximate surface area is 166 Å². The highest BCUT2D eigenvalue weighted by molar-refractivity contribution is 8.01. The number of benzene rings is 2. The molecule has 2 heterocycles. The summed E-state index contributed by atoms with van der Waals surface area (Å²) in [5, 5.41) is 3.75. The molecule has 142 valence electrons. The number of fused-ring (bicyclic) bond motifs is 1. The topological polar surface area (TPSA) is 65.2 Å². The summed E-state index contributed by atoms with van der Waals surface area (Å²) >= 11 is 2.81. The Morgan fingerprint density at radius 3 is 2.86 bits per heavy atom. The molecule has 0 saturated heterocycles. The Morgan fingerprint density at radius 1 is 1.18 bits per heavy atom. The van der Waals surface area contributed by atoms with Gasteiger partial charge in [0.05, 0.1) is 21.5 Å². The first-order valence-electron chi connectivity index (χ1n) is 8.13. The van der Waals surface area contributed by atoms with Crippen LogP contribution >= 0.6 is 23.1 Å². The molecule has 0 spiro atoms. The van der Waals surface area contributed by atoms with Crippen LogP contribution in [0.15, 0.2) is 57.4 Å². The van der Waals surface area contributed by atoms with E-state index in [9.17, 15) is 13.6 Å². The molecule has 0 unspecified atom stereocenters. The van der Waals surface area contributed by atoms with Gasteiger partial charge in [-0.3, -0.25) is 4.79 Å². The van der Waals surface area contributed by atoms with Gasteiger partial charge in [0.25, 0.3) is 0 Å². The van der Waals surface area contributed by atoms with E-state index in [-0.39, 0.29) is 23.7 Å². The number of thiazole rings is 1. The minimum Gasteiger partial charge on any atom is -0.458 e. The lowest BCUT2D eigenvalue weighted by atomic mass is 10.1. The van der Waals surface area contributed by atoms with Crippen molar-refractivity contribution in [3.05, 3.63) is 65.9 Å². The number of esters is 1. The molecule has 0 saturated carbocycles. The lowest BCUT2D eigenvalue weighted by Crippen LogP contribution is -2.07. The van der Waals surface area contributed by atoms with E-state index >= 15 is 0 Å². The van der Waals surface area contributed by atoms with Crippen molar-refractivity contribution in [2.24, 2.45) is 0 Å². The van der Waals surface area contributed by atoms with Crippen LogP contribution in [0.25, 0.3) is 21.5 Å². The molecular formula is C19H12F2N2O3S2. The number of aromatic nitrogens is 2. The Kier molecular flexibility index (Phi) is 5.36. The highest BCUT2D eigenvalue weighted by Crippen LogP contribution is 2.29. The van der Waals surface area contributed by atoms with E-state index in [1.807, 2.05) is 24.3 Å². The summed E-state index contributed by atoms with van der Waals surface area (Å²) in [7, 11) is 0. The number of hydrogen-bond acceptors (Lipinski definition) is 7. The third kappa shape index (κ3) is 4.20. The quantitative estimate of drug-likeness (QED) is 0.322. The maximum absolute atomic E-state index is 13.8. The molecule has 0 aliphatic carbocycles. The number of rotatable bonds is 6. The van der Waals surface area contributed by atoms with E-state index in [0.29, 0.717) is 5.69 Å². The summed E-state index contributed by atoms with van der Waals surface area (Å²) in [5.41, 5.74) is 1.31. The minimum absolute atomic E-state index is 0.0814. The van der Waals surface area contributed by atoms with Gasteiger partial charge in [-0.25, -0.2) is 13.8 Å². The predicted octanol–water partition coefficient (Wildman–Crippen LogP) is 5.07. The molecule has 0 atom stereocenters. The van der Waals surface area contributed by atoms with E-state index in [1.165, 1.54) is 35.2 Å². The third-order valence-corrected chi connectivity index (χ3v) is 5.88. The van der Waals surface area contributed by atoms with Crippen molar-refractivity contribution in [3.63, 3.8) is 0 Å². The van der Waals surface area contributed by atoms with E-state index in [1.54, 1.807) is 0 Å². The summed E-state index contributed by atoms with van der Waals surface area (Å²) in [6.07, 6.45) is 0. The van der Waals surface area contributed by atoms with Crippen LogP contribution in [0.5, 0.6) is 0 Å². The summed E-state index contributed by atoms with van der Waals surface area (Å²) in [6, 6.07) is 12.3. The normalized spacial score (nSPS) is 11.1. The lowest BCUT2D eigenvalue weighted by molar-refractivity contribution is -0.141. The van der Waals surface area contributed by atoms with Crippen LogP contribution in [0.1, 0.15) is 5.69 Å². The number of thioether (sulfide) groups is 1. The first kappa shape index (κ1) is 18.6. The number of carbonyl (C=O) groups excluding carboxylic acids is 1. The summed E-state index contributed by atoms with van der Waals surface area (Å²) in [6.45, 7) is -0.106. The highest BCUT2D eigenvalue weighted by atomic mass is 32.2. The molecule has 9 heteroatoms. The molecule has 2 aromatic carbocycles. The lowest BCUT2D eigenvalue weighted by Gasteiger charge is -2.00. The Bertz CT molecular complexity index is 1110. The molecule has 4 aromatic rings. The van der Waals surface area contributed by atoms with Crippen LogP contribution in [0.2, 0.25) is 0 Å². The molecule has 0 aliphatic rings. The Hall–Kier alpha value is -2.78. The summed E-state index contributed by atoms with van der Waals surface area (Å²) in [4.78, 5) is 16.4. The number of halogens is 2. The van der Waals surface area contributed by atoms with Gasteiger partial charge in [0.15, 0.2) is 10.1 Å². The van der Waals surface area contributed by atoms with Crippen molar-refractivity contribution in [2.45, 2.75) is 10.9 Å². The predicted molar refractivity (Wildman–Crippen MR) is 102 cm³/mol. The zero-order valence-corrected chi connectivity index (χ0v) is 15.9. The van der Waals surface area contributed by atoms with Crippen LogP contribution in [-0.2, 0) is 16.1 Å².